The van der Waals surface area contributed by atoms with Gasteiger partial charge in [0.15, 0.2) is 0 Å². The lowest BCUT2D eigenvalue weighted by atomic mass is 10.1. The molecular weight excluding hydrogens is 490 g/mol. The number of carbonyl (C=O) groups excluding carboxylic acids is 2. The lowest BCUT2D eigenvalue weighted by Crippen LogP contribution is -2.49. The van der Waals surface area contributed by atoms with Crippen LogP contribution in [0.15, 0.2) is 65.6 Å². The van der Waals surface area contributed by atoms with Crippen molar-refractivity contribution in [2.75, 3.05) is 18.0 Å². The molecule has 0 saturated carbocycles. The second-order valence-electron chi connectivity index (χ2n) is 9.52. The van der Waals surface area contributed by atoms with Gasteiger partial charge < -0.3 is 15.0 Å². The van der Waals surface area contributed by atoms with Gasteiger partial charge in [-0.05, 0) is 62.4 Å². The van der Waals surface area contributed by atoms with Crippen molar-refractivity contribution >= 4 is 38.3 Å². The van der Waals surface area contributed by atoms with Crippen LogP contribution in [0.2, 0.25) is 0 Å². The average molecular weight is 524 g/mol. The smallest absolute Gasteiger partial charge is 0.265 e. The zero-order chi connectivity index (χ0) is 26.7. The summed E-state index contributed by atoms with van der Waals surface area (Å²) in [5.41, 5.74) is 1.50. The van der Waals surface area contributed by atoms with Crippen LogP contribution in [0.25, 0.3) is 10.8 Å². The molecule has 3 aromatic rings. The number of hydrogen-bond acceptors (Lipinski definition) is 5. The Morgan fingerprint density at radius 2 is 1.68 bits per heavy atom. The van der Waals surface area contributed by atoms with E-state index in [1.54, 1.807) is 37.1 Å². The van der Waals surface area contributed by atoms with Crippen LogP contribution in [0.5, 0.6) is 5.75 Å². The highest BCUT2D eigenvalue weighted by Crippen LogP contribution is 2.42. The molecule has 4 rings (SSSR count). The predicted molar refractivity (Wildman–Crippen MR) is 144 cm³/mol. The van der Waals surface area contributed by atoms with Gasteiger partial charge in [0, 0.05) is 30.9 Å². The number of amides is 2. The summed E-state index contributed by atoms with van der Waals surface area (Å²) in [6.07, 6.45) is 0.424. The third-order valence-electron chi connectivity index (χ3n) is 6.54. The number of sulfonamides is 1. The molecule has 3 aromatic carbocycles. The summed E-state index contributed by atoms with van der Waals surface area (Å²) < 4.78 is 33.1. The van der Waals surface area contributed by atoms with Crippen LogP contribution in [0.3, 0.4) is 0 Å². The average Bonchev–Trinajstić information content (AvgIpc) is 3.10. The quantitative estimate of drug-likeness (QED) is 0.432. The topological polar surface area (TPSA) is 96.0 Å². The van der Waals surface area contributed by atoms with E-state index in [-0.39, 0.29) is 37.4 Å². The number of benzene rings is 3. The Hall–Kier alpha value is -3.59. The highest BCUT2D eigenvalue weighted by atomic mass is 32.2. The van der Waals surface area contributed by atoms with E-state index in [0.717, 1.165) is 16.3 Å². The van der Waals surface area contributed by atoms with Gasteiger partial charge >= 0.3 is 0 Å². The number of rotatable bonds is 10. The van der Waals surface area contributed by atoms with E-state index in [4.69, 9.17) is 4.74 Å². The number of carbonyl (C=O) groups is 2. The molecular formula is C28H33N3O5S. The molecule has 37 heavy (non-hydrogen) atoms. The molecule has 0 aliphatic carbocycles. The third-order valence-corrected chi connectivity index (χ3v) is 8.40. The van der Waals surface area contributed by atoms with Gasteiger partial charge in [-0.3, -0.25) is 13.9 Å². The van der Waals surface area contributed by atoms with Gasteiger partial charge in [0.05, 0.1) is 17.7 Å². The zero-order valence-corrected chi connectivity index (χ0v) is 22.4. The van der Waals surface area contributed by atoms with Crippen molar-refractivity contribution < 1.29 is 22.7 Å². The van der Waals surface area contributed by atoms with Gasteiger partial charge in [0.25, 0.3) is 10.0 Å². The van der Waals surface area contributed by atoms with E-state index in [0.29, 0.717) is 22.8 Å². The van der Waals surface area contributed by atoms with E-state index in [1.807, 2.05) is 56.3 Å². The fraction of sp³-hybridized carbons (Fsp3) is 0.357. The second kappa shape index (κ2) is 10.8. The minimum Gasteiger partial charge on any atom is -0.497 e. The molecule has 0 fully saturated rings. The van der Waals surface area contributed by atoms with E-state index >= 15 is 0 Å². The molecule has 1 N–H and O–H groups in total. The standard InChI is InChI=1S/C28H33N3O5S/c1-19(2)29-28(33)20(3)30(18-21-13-15-23(36-4)16-14-21)26(32)12-7-17-31-24-10-5-8-22-9-6-11-25(27(22)24)37(31,34)35/h5-6,8-11,13-16,19-20H,7,12,17-18H2,1-4H3,(H,29,33)/t20-/m1/s1. The highest BCUT2D eigenvalue weighted by Gasteiger charge is 2.35. The maximum atomic E-state index is 13.4. The van der Waals surface area contributed by atoms with Gasteiger partial charge in [-0.2, -0.15) is 0 Å². The maximum Gasteiger partial charge on any atom is 0.265 e. The Labute approximate surface area is 218 Å². The number of ether oxygens (including phenoxy) is 1. The van der Waals surface area contributed by atoms with Crippen LogP contribution in [0.1, 0.15) is 39.2 Å². The first kappa shape index (κ1) is 26.5. The van der Waals surface area contributed by atoms with Gasteiger partial charge in [-0.15, -0.1) is 0 Å². The van der Waals surface area contributed by atoms with E-state index in [2.05, 4.69) is 5.32 Å². The molecule has 1 heterocycles. The Kier molecular flexibility index (Phi) is 7.73. The molecule has 0 spiro atoms. The van der Waals surface area contributed by atoms with Crippen molar-refractivity contribution in [3.8, 4) is 5.75 Å². The molecule has 0 unspecified atom stereocenters. The van der Waals surface area contributed by atoms with Crippen LogP contribution in [-0.2, 0) is 26.2 Å². The highest BCUT2D eigenvalue weighted by molar-refractivity contribution is 7.93. The van der Waals surface area contributed by atoms with Gasteiger partial charge in [-0.25, -0.2) is 8.42 Å². The lowest BCUT2D eigenvalue weighted by Gasteiger charge is -2.30. The van der Waals surface area contributed by atoms with Crippen molar-refractivity contribution in [1.82, 2.24) is 10.2 Å². The van der Waals surface area contributed by atoms with Crippen LogP contribution < -0.4 is 14.4 Å². The van der Waals surface area contributed by atoms with Gasteiger partial charge in [-0.1, -0.05) is 36.4 Å². The predicted octanol–water partition coefficient (Wildman–Crippen LogP) is 4.08. The van der Waals surface area contributed by atoms with Crippen molar-refractivity contribution in [2.45, 2.75) is 57.1 Å². The molecule has 196 valence electrons. The van der Waals surface area contributed by atoms with Crippen LogP contribution in [0.4, 0.5) is 5.69 Å². The monoisotopic (exact) mass is 523 g/mol. The van der Waals surface area contributed by atoms with Crippen LogP contribution in [0, 0.1) is 0 Å². The van der Waals surface area contributed by atoms with Crippen molar-refractivity contribution in [3.05, 3.63) is 66.2 Å². The van der Waals surface area contributed by atoms with Crippen molar-refractivity contribution in [1.29, 1.82) is 0 Å². The molecule has 0 bridgehead atoms. The molecule has 9 heteroatoms. The minimum absolute atomic E-state index is 0.0578. The number of nitrogens with zero attached hydrogens (tertiary/aromatic N) is 2. The maximum absolute atomic E-state index is 13.4. The fourth-order valence-corrected chi connectivity index (χ4v) is 6.38. The molecule has 1 atom stereocenters. The summed E-state index contributed by atoms with van der Waals surface area (Å²) in [5, 5.41) is 4.46. The summed E-state index contributed by atoms with van der Waals surface area (Å²) in [5.74, 6) is 0.255. The van der Waals surface area contributed by atoms with Gasteiger partial charge in [0.1, 0.15) is 11.8 Å². The Balaban J connectivity index is 1.49. The SMILES string of the molecule is COc1ccc(CN(C(=O)CCCN2c3cccc4cccc(c34)S2(=O)=O)[C@H](C)C(=O)NC(C)C)cc1. The molecule has 8 nitrogen and oxygen atoms in total. The number of methoxy groups -OCH3 is 1. The van der Waals surface area contributed by atoms with E-state index < -0.39 is 16.1 Å². The molecule has 1 aliphatic heterocycles. The molecule has 1 aliphatic rings. The first-order valence-electron chi connectivity index (χ1n) is 12.4. The molecule has 0 aromatic heterocycles. The second-order valence-corrected chi connectivity index (χ2v) is 11.4. The van der Waals surface area contributed by atoms with E-state index in [1.165, 1.54) is 4.31 Å². The number of nitrogens with one attached hydrogen (secondary N) is 1. The normalized spacial score (nSPS) is 14.6. The first-order chi connectivity index (χ1) is 17.6. The lowest BCUT2D eigenvalue weighted by molar-refractivity contribution is -0.140. The summed E-state index contributed by atoms with van der Waals surface area (Å²) in [7, 11) is -2.10. The summed E-state index contributed by atoms with van der Waals surface area (Å²) >= 11 is 0. The Bertz CT molecular complexity index is 1400. The van der Waals surface area contributed by atoms with E-state index in [9.17, 15) is 18.0 Å². The minimum atomic E-state index is -3.68. The number of anilines is 1. The molecule has 2 amide bonds. The van der Waals surface area contributed by atoms with Crippen molar-refractivity contribution in [3.63, 3.8) is 0 Å². The first-order valence-corrected chi connectivity index (χ1v) is 13.8. The molecule has 0 radical (unpaired) electrons. The molecule has 0 saturated heterocycles. The Morgan fingerprint density at radius 3 is 2.32 bits per heavy atom. The largest absolute Gasteiger partial charge is 0.497 e. The zero-order valence-electron chi connectivity index (χ0n) is 21.6. The van der Waals surface area contributed by atoms with Crippen LogP contribution >= 0.6 is 0 Å². The summed E-state index contributed by atoms with van der Waals surface area (Å²) in [6, 6.07) is 17.4. The Morgan fingerprint density at radius 1 is 1.00 bits per heavy atom. The third kappa shape index (κ3) is 5.41. The van der Waals surface area contributed by atoms with Gasteiger partial charge in [0.2, 0.25) is 11.8 Å². The fourth-order valence-electron chi connectivity index (χ4n) is 4.63. The van der Waals surface area contributed by atoms with Crippen LogP contribution in [-0.4, -0.2) is 50.9 Å². The summed E-state index contributed by atoms with van der Waals surface area (Å²) in [4.78, 5) is 28.0. The number of hydrogen-bond donors (Lipinski definition) is 1. The summed E-state index contributed by atoms with van der Waals surface area (Å²) in [6.45, 7) is 5.87. The van der Waals surface area contributed by atoms with Crippen molar-refractivity contribution in [2.24, 2.45) is 0 Å².